The van der Waals surface area contributed by atoms with Gasteiger partial charge in [-0.2, -0.15) is 0 Å². The van der Waals surface area contributed by atoms with Crippen molar-refractivity contribution in [1.82, 2.24) is 15.3 Å². The van der Waals surface area contributed by atoms with Gasteiger partial charge in [0.2, 0.25) is 5.95 Å². The van der Waals surface area contributed by atoms with Gasteiger partial charge in [0.05, 0.1) is 32.2 Å². The molecule has 1 aromatic heterocycles. The van der Waals surface area contributed by atoms with Gasteiger partial charge in [-0.1, -0.05) is 11.6 Å². The third kappa shape index (κ3) is 6.60. The fourth-order valence-corrected chi connectivity index (χ4v) is 3.92. The van der Waals surface area contributed by atoms with Crippen molar-refractivity contribution >= 4 is 17.5 Å². The summed E-state index contributed by atoms with van der Waals surface area (Å²) < 4.78 is 17.1. The van der Waals surface area contributed by atoms with Gasteiger partial charge >= 0.3 is 0 Å². The third-order valence-electron chi connectivity index (χ3n) is 5.21. The highest BCUT2D eigenvalue weighted by Gasteiger charge is 2.24. The highest BCUT2D eigenvalue weighted by molar-refractivity contribution is 6.33. The Morgan fingerprint density at radius 1 is 1.06 bits per heavy atom. The summed E-state index contributed by atoms with van der Waals surface area (Å²) in [5, 5.41) is 12.8. The molecule has 1 aliphatic heterocycles. The van der Waals surface area contributed by atoms with E-state index in [-0.39, 0.29) is 6.61 Å². The molecule has 0 saturated carbocycles. The van der Waals surface area contributed by atoms with E-state index in [1.165, 1.54) is 0 Å². The maximum Gasteiger partial charge on any atom is 0.226 e. The molecule has 32 heavy (non-hydrogen) atoms. The molecule has 3 rings (SSSR count). The summed E-state index contributed by atoms with van der Waals surface area (Å²) in [7, 11) is 0. The number of nitrogens with zero attached hydrogens (tertiary/aromatic N) is 3. The second-order valence-corrected chi connectivity index (χ2v) is 7.90. The van der Waals surface area contributed by atoms with Crippen LogP contribution in [0.1, 0.15) is 38.7 Å². The van der Waals surface area contributed by atoms with Gasteiger partial charge in [-0.3, -0.25) is 0 Å². The second kappa shape index (κ2) is 12.7. The van der Waals surface area contributed by atoms with E-state index in [0.29, 0.717) is 67.0 Å². The molecule has 0 radical (unpaired) electrons. The molecule has 1 aliphatic rings. The van der Waals surface area contributed by atoms with Crippen molar-refractivity contribution in [3.63, 3.8) is 0 Å². The average molecular weight is 465 g/mol. The maximum atomic E-state index is 8.92. The molecular weight excluding hydrogens is 432 g/mol. The van der Waals surface area contributed by atoms with E-state index in [1.807, 2.05) is 26.0 Å². The quantitative estimate of drug-likeness (QED) is 0.462. The lowest BCUT2D eigenvalue weighted by atomic mass is 10.0. The molecule has 0 bridgehead atoms. The second-order valence-electron chi connectivity index (χ2n) is 7.53. The van der Waals surface area contributed by atoms with Crippen LogP contribution in [0.15, 0.2) is 24.5 Å². The highest BCUT2D eigenvalue weighted by atomic mass is 35.5. The molecule has 0 unspecified atom stereocenters. The minimum atomic E-state index is 0.0942. The van der Waals surface area contributed by atoms with Crippen LogP contribution in [-0.2, 0) is 6.54 Å². The van der Waals surface area contributed by atoms with E-state index >= 15 is 0 Å². The van der Waals surface area contributed by atoms with Crippen molar-refractivity contribution in [1.29, 1.82) is 0 Å². The van der Waals surface area contributed by atoms with Gasteiger partial charge in [-0.25, -0.2) is 9.97 Å². The van der Waals surface area contributed by atoms with E-state index < -0.39 is 0 Å². The molecule has 2 N–H and O–H groups in total. The summed E-state index contributed by atoms with van der Waals surface area (Å²) >= 11 is 6.48. The monoisotopic (exact) mass is 464 g/mol. The number of nitrogens with one attached hydrogen (secondary N) is 1. The molecule has 9 heteroatoms. The number of anilines is 1. The van der Waals surface area contributed by atoms with Gasteiger partial charge in [0.15, 0.2) is 5.75 Å². The van der Waals surface area contributed by atoms with Crippen molar-refractivity contribution in [2.75, 3.05) is 44.4 Å². The first kappa shape index (κ1) is 24.4. The van der Waals surface area contributed by atoms with Crippen molar-refractivity contribution in [3.8, 4) is 17.2 Å². The summed E-state index contributed by atoms with van der Waals surface area (Å²) in [4.78, 5) is 11.4. The van der Waals surface area contributed by atoms with Gasteiger partial charge in [-0.15, -0.1) is 0 Å². The van der Waals surface area contributed by atoms with Gasteiger partial charge < -0.3 is 29.5 Å². The Kier molecular flexibility index (Phi) is 9.64. The van der Waals surface area contributed by atoms with Crippen LogP contribution in [-0.4, -0.2) is 60.6 Å². The Morgan fingerprint density at radius 2 is 1.69 bits per heavy atom. The van der Waals surface area contributed by atoms with Gasteiger partial charge in [0, 0.05) is 25.6 Å². The molecule has 2 heterocycles. The Hall–Kier alpha value is -2.29. The lowest BCUT2D eigenvalue weighted by Crippen LogP contribution is -2.43. The van der Waals surface area contributed by atoms with Gasteiger partial charge in [0.1, 0.15) is 16.5 Å². The predicted octanol–water partition coefficient (Wildman–Crippen LogP) is 3.45. The maximum absolute atomic E-state index is 8.92. The number of aliphatic hydroxyl groups excluding tert-OH is 1. The van der Waals surface area contributed by atoms with Crippen LogP contribution < -0.4 is 24.4 Å². The van der Waals surface area contributed by atoms with Crippen LogP contribution in [0, 0.1) is 0 Å². The fourth-order valence-electron chi connectivity index (χ4n) is 3.70. The highest BCUT2D eigenvalue weighted by Crippen LogP contribution is 2.37. The largest absolute Gasteiger partial charge is 0.492 e. The smallest absolute Gasteiger partial charge is 0.226 e. The van der Waals surface area contributed by atoms with Crippen LogP contribution in [0.25, 0.3) is 0 Å². The standard InChI is InChI=1S/C23H33ClN4O4/c1-3-30-20-12-17(13-21(22(20)24)31-4-2)16-28(18-6-8-25-9-7-18)23-26-14-19(15-27-23)32-11-5-10-29/h12-15,18,25,29H,3-11,16H2,1-2H3. The molecule has 1 aromatic carbocycles. The summed E-state index contributed by atoms with van der Waals surface area (Å²) in [6.45, 7) is 7.95. The lowest BCUT2D eigenvalue weighted by Gasteiger charge is -2.35. The lowest BCUT2D eigenvalue weighted by molar-refractivity contribution is 0.232. The number of aromatic nitrogens is 2. The van der Waals surface area contributed by atoms with Gasteiger partial charge in [-0.05, 0) is 57.5 Å². The predicted molar refractivity (Wildman–Crippen MR) is 125 cm³/mol. The van der Waals surface area contributed by atoms with E-state index in [9.17, 15) is 0 Å². The number of hydrogen-bond acceptors (Lipinski definition) is 8. The zero-order valence-electron chi connectivity index (χ0n) is 18.8. The number of aliphatic hydroxyl groups is 1. The molecule has 2 aromatic rings. The molecule has 1 saturated heterocycles. The van der Waals surface area contributed by atoms with Crippen LogP contribution in [0.4, 0.5) is 5.95 Å². The van der Waals surface area contributed by atoms with E-state index in [0.717, 1.165) is 31.5 Å². The minimum Gasteiger partial charge on any atom is -0.492 e. The SMILES string of the molecule is CCOc1cc(CN(c2ncc(OCCCO)cn2)C2CCNCC2)cc(OCC)c1Cl. The summed E-state index contributed by atoms with van der Waals surface area (Å²) in [6.07, 6.45) is 5.95. The fraction of sp³-hybridized carbons (Fsp3) is 0.565. The van der Waals surface area contributed by atoms with Crippen LogP contribution in [0.3, 0.4) is 0 Å². The summed E-state index contributed by atoms with van der Waals surface area (Å²) in [6, 6.07) is 4.24. The number of ether oxygens (including phenoxy) is 3. The number of halogens is 1. The van der Waals surface area contributed by atoms with Gasteiger partial charge in [0.25, 0.3) is 0 Å². The molecule has 0 amide bonds. The van der Waals surface area contributed by atoms with E-state index in [2.05, 4.69) is 20.2 Å². The van der Waals surface area contributed by atoms with Crippen LogP contribution in [0.2, 0.25) is 5.02 Å². The van der Waals surface area contributed by atoms with E-state index in [1.54, 1.807) is 12.4 Å². The molecule has 1 fully saturated rings. The number of piperidine rings is 1. The molecule has 0 spiro atoms. The Morgan fingerprint density at radius 3 is 2.25 bits per heavy atom. The molecule has 8 nitrogen and oxygen atoms in total. The summed E-state index contributed by atoms with van der Waals surface area (Å²) in [5.41, 5.74) is 1.02. The number of hydrogen-bond donors (Lipinski definition) is 2. The molecule has 176 valence electrons. The van der Waals surface area contributed by atoms with Crippen LogP contribution in [0.5, 0.6) is 17.2 Å². The molecule has 0 atom stereocenters. The van der Waals surface area contributed by atoms with Crippen molar-refractivity contribution in [3.05, 3.63) is 35.1 Å². The number of benzene rings is 1. The zero-order valence-corrected chi connectivity index (χ0v) is 19.6. The molecule has 0 aliphatic carbocycles. The number of rotatable bonds is 12. The van der Waals surface area contributed by atoms with Crippen LogP contribution >= 0.6 is 11.6 Å². The van der Waals surface area contributed by atoms with Crippen molar-refractivity contribution in [2.45, 2.75) is 45.7 Å². The molecular formula is C23H33ClN4O4. The minimum absolute atomic E-state index is 0.0942. The normalized spacial score (nSPS) is 14.2. The third-order valence-corrected chi connectivity index (χ3v) is 5.58. The topological polar surface area (TPSA) is 89.0 Å². The first-order valence-corrected chi connectivity index (χ1v) is 11.6. The first-order chi connectivity index (χ1) is 15.7. The van der Waals surface area contributed by atoms with Crippen molar-refractivity contribution < 1.29 is 19.3 Å². The first-order valence-electron chi connectivity index (χ1n) is 11.3. The summed E-state index contributed by atoms with van der Waals surface area (Å²) in [5.74, 6) is 2.48. The zero-order chi connectivity index (χ0) is 22.8. The Bertz CT molecular complexity index is 804. The van der Waals surface area contributed by atoms with Crippen molar-refractivity contribution in [2.24, 2.45) is 0 Å². The van der Waals surface area contributed by atoms with E-state index in [4.69, 9.17) is 30.9 Å². The average Bonchev–Trinajstić information content (AvgIpc) is 2.82. The Labute approximate surface area is 194 Å². The Balaban J connectivity index is 1.86.